The van der Waals surface area contributed by atoms with E-state index >= 15 is 0 Å². The molecule has 0 amide bonds. The second-order valence-corrected chi connectivity index (χ2v) is 7.97. The van der Waals surface area contributed by atoms with Gasteiger partial charge in [0.15, 0.2) is 11.5 Å². The fourth-order valence-corrected chi connectivity index (χ4v) is 4.03. The second kappa shape index (κ2) is 8.06. The summed E-state index contributed by atoms with van der Waals surface area (Å²) in [5, 5.41) is 13.9. The van der Waals surface area contributed by atoms with Crippen LogP contribution < -0.4 is 14.8 Å². The quantitative estimate of drug-likeness (QED) is 0.447. The average molecular weight is 450 g/mol. The van der Waals surface area contributed by atoms with Crippen LogP contribution in [0.1, 0.15) is 5.01 Å². The lowest BCUT2D eigenvalue weighted by Crippen LogP contribution is -2.02. The minimum absolute atomic E-state index is 0.455. The number of nitrogens with one attached hydrogen (secondary N) is 1. The monoisotopic (exact) mass is 449 g/mol. The Morgan fingerprint density at radius 3 is 2.48 bits per heavy atom. The summed E-state index contributed by atoms with van der Waals surface area (Å²) >= 11 is 14.0. The van der Waals surface area contributed by atoms with E-state index in [1.807, 2.05) is 35.9 Å². The van der Waals surface area contributed by atoms with Gasteiger partial charge >= 0.3 is 0 Å². The Bertz CT molecular complexity index is 1190. The van der Waals surface area contributed by atoms with Gasteiger partial charge in [0.05, 0.1) is 41.8 Å². The van der Waals surface area contributed by atoms with Gasteiger partial charge in [0, 0.05) is 12.6 Å². The number of fused-ring (bicyclic) bond motifs is 1. The van der Waals surface area contributed by atoms with Crippen LogP contribution in [0.15, 0.2) is 30.3 Å². The number of nitrogens with zero attached hydrogens (tertiary/aromatic N) is 4. The summed E-state index contributed by atoms with van der Waals surface area (Å²) in [6.07, 6.45) is 0. The van der Waals surface area contributed by atoms with Gasteiger partial charge in [-0.15, -0.1) is 10.2 Å². The molecule has 0 fully saturated rings. The van der Waals surface area contributed by atoms with Crippen LogP contribution in [-0.2, 0) is 6.54 Å². The van der Waals surface area contributed by atoms with Crippen LogP contribution in [0.3, 0.4) is 0 Å². The number of anilines is 1. The smallest absolute Gasteiger partial charge is 0.205 e. The van der Waals surface area contributed by atoms with E-state index in [0.717, 1.165) is 32.6 Å². The van der Waals surface area contributed by atoms with Gasteiger partial charge in [-0.25, -0.2) is 4.98 Å². The molecule has 0 atom stereocenters. The minimum Gasteiger partial charge on any atom is -0.493 e. The lowest BCUT2D eigenvalue weighted by Gasteiger charge is -2.11. The van der Waals surface area contributed by atoms with Crippen molar-refractivity contribution < 1.29 is 9.47 Å². The molecule has 4 aromatic rings. The van der Waals surface area contributed by atoms with Crippen molar-refractivity contribution in [2.24, 2.45) is 0 Å². The topological polar surface area (TPSA) is 74.1 Å². The van der Waals surface area contributed by atoms with Crippen molar-refractivity contribution in [3.63, 3.8) is 0 Å². The molecule has 2 aromatic heterocycles. The van der Waals surface area contributed by atoms with Crippen molar-refractivity contribution in [2.45, 2.75) is 6.54 Å². The molecule has 150 valence electrons. The predicted octanol–water partition coefficient (Wildman–Crippen LogP) is 4.97. The third-order valence-electron chi connectivity index (χ3n) is 4.41. The molecule has 0 spiro atoms. The first-order chi connectivity index (χ1) is 14.0. The summed E-state index contributed by atoms with van der Waals surface area (Å²) in [7, 11) is 5.02. The maximum atomic E-state index is 6.29. The zero-order valence-electron chi connectivity index (χ0n) is 15.9. The molecule has 10 heteroatoms. The van der Waals surface area contributed by atoms with Gasteiger partial charge in [0.2, 0.25) is 5.13 Å². The summed E-state index contributed by atoms with van der Waals surface area (Å²) in [6, 6.07) is 9.25. The third kappa shape index (κ3) is 3.71. The Morgan fingerprint density at radius 2 is 1.79 bits per heavy atom. The predicted molar refractivity (Wildman–Crippen MR) is 117 cm³/mol. The van der Waals surface area contributed by atoms with E-state index in [-0.39, 0.29) is 0 Å². The van der Waals surface area contributed by atoms with Gasteiger partial charge in [0.1, 0.15) is 10.8 Å². The SMILES string of the molecule is CNc1nnc(Cn2c(-c3ccc(OC)c(OC)c3)nc3cc(Cl)c(Cl)cc32)s1. The van der Waals surface area contributed by atoms with Gasteiger partial charge in [-0.2, -0.15) is 0 Å². The maximum absolute atomic E-state index is 6.29. The minimum atomic E-state index is 0.455. The summed E-state index contributed by atoms with van der Waals surface area (Å²) < 4.78 is 12.8. The molecule has 4 rings (SSSR count). The highest BCUT2D eigenvalue weighted by Gasteiger charge is 2.18. The molecular formula is C19H17Cl2N5O2S. The molecule has 0 aliphatic rings. The van der Waals surface area contributed by atoms with Crippen LogP contribution >= 0.6 is 34.5 Å². The number of aromatic nitrogens is 4. The zero-order chi connectivity index (χ0) is 20.5. The number of hydrogen-bond donors (Lipinski definition) is 1. The summed E-state index contributed by atoms with van der Waals surface area (Å²) in [4.78, 5) is 4.80. The standard InChI is InChI=1S/C19H17Cl2N5O2S/c1-22-19-25-24-17(29-19)9-26-14-8-12(21)11(20)7-13(14)23-18(26)10-4-5-15(27-2)16(6-10)28-3/h4-8H,9H2,1-3H3,(H,22,25). The van der Waals surface area contributed by atoms with Crippen LogP contribution in [0.4, 0.5) is 5.13 Å². The van der Waals surface area contributed by atoms with Gasteiger partial charge in [-0.3, -0.25) is 0 Å². The van der Waals surface area contributed by atoms with Gasteiger partial charge in [-0.1, -0.05) is 34.5 Å². The first kappa shape index (κ1) is 19.8. The molecule has 2 aromatic carbocycles. The summed E-state index contributed by atoms with van der Waals surface area (Å²) in [5.41, 5.74) is 2.46. The fourth-order valence-electron chi connectivity index (χ4n) is 3.03. The van der Waals surface area contributed by atoms with E-state index in [4.69, 9.17) is 37.7 Å². The molecule has 1 N–H and O–H groups in total. The Labute approximate surface area is 181 Å². The van der Waals surface area contributed by atoms with Crippen molar-refractivity contribution in [1.29, 1.82) is 0 Å². The molecule has 0 bridgehead atoms. The van der Waals surface area contributed by atoms with Crippen molar-refractivity contribution in [3.8, 4) is 22.9 Å². The van der Waals surface area contributed by atoms with Crippen molar-refractivity contribution in [2.75, 3.05) is 26.6 Å². The van der Waals surface area contributed by atoms with Crippen LogP contribution in [0.5, 0.6) is 11.5 Å². The molecule has 0 aliphatic carbocycles. The average Bonchev–Trinajstić information content (AvgIpc) is 3.33. The van der Waals surface area contributed by atoms with E-state index < -0.39 is 0 Å². The number of ether oxygens (including phenoxy) is 2. The van der Waals surface area contributed by atoms with Crippen LogP contribution in [0, 0.1) is 0 Å². The summed E-state index contributed by atoms with van der Waals surface area (Å²) in [6.45, 7) is 0.484. The van der Waals surface area contributed by atoms with E-state index in [2.05, 4.69) is 15.5 Å². The molecule has 0 saturated carbocycles. The van der Waals surface area contributed by atoms with Gasteiger partial charge < -0.3 is 19.4 Å². The molecule has 2 heterocycles. The van der Waals surface area contributed by atoms with Crippen LogP contribution in [0.2, 0.25) is 10.0 Å². The highest BCUT2D eigenvalue weighted by molar-refractivity contribution is 7.15. The van der Waals surface area contributed by atoms with E-state index in [0.29, 0.717) is 28.1 Å². The second-order valence-electron chi connectivity index (χ2n) is 6.10. The Morgan fingerprint density at radius 1 is 1.03 bits per heavy atom. The van der Waals surface area contributed by atoms with E-state index in [1.54, 1.807) is 20.3 Å². The number of hydrogen-bond acceptors (Lipinski definition) is 7. The van der Waals surface area contributed by atoms with Crippen LogP contribution in [-0.4, -0.2) is 41.0 Å². The molecule has 0 radical (unpaired) electrons. The largest absolute Gasteiger partial charge is 0.493 e. The lowest BCUT2D eigenvalue weighted by atomic mass is 10.2. The van der Waals surface area contributed by atoms with Crippen molar-refractivity contribution in [3.05, 3.63) is 45.4 Å². The molecule has 0 unspecified atom stereocenters. The first-order valence-corrected chi connectivity index (χ1v) is 10.2. The normalized spacial score (nSPS) is 11.1. The Hall–Kier alpha value is -2.55. The maximum Gasteiger partial charge on any atom is 0.205 e. The highest BCUT2D eigenvalue weighted by atomic mass is 35.5. The fraction of sp³-hybridized carbons (Fsp3) is 0.211. The van der Waals surface area contributed by atoms with Crippen molar-refractivity contribution in [1.82, 2.24) is 19.7 Å². The summed E-state index contributed by atoms with van der Waals surface area (Å²) in [5.74, 6) is 2.00. The van der Waals surface area contributed by atoms with Crippen molar-refractivity contribution >= 4 is 50.7 Å². The van der Waals surface area contributed by atoms with Crippen LogP contribution in [0.25, 0.3) is 22.4 Å². The Kier molecular flexibility index (Phi) is 5.49. The Balaban J connectivity index is 1.90. The number of methoxy groups -OCH3 is 2. The molecule has 7 nitrogen and oxygen atoms in total. The molecular weight excluding hydrogens is 433 g/mol. The van der Waals surface area contributed by atoms with E-state index in [1.165, 1.54) is 11.3 Å². The first-order valence-electron chi connectivity index (χ1n) is 8.62. The number of benzene rings is 2. The van der Waals surface area contributed by atoms with Gasteiger partial charge in [0.25, 0.3) is 0 Å². The lowest BCUT2D eigenvalue weighted by molar-refractivity contribution is 0.355. The van der Waals surface area contributed by atoms with E-state index in [9.17, 15) is 0 Å². The molecule has 29 heavy (non-hydrogen) atoms. The third-order valence-corrected chi connectivity index (χ3v) is 6.05. The van der Waals surface area contributed by atoms with Gasteiger partial charge in [-0.05, 0) is 30.3 Å². The highest BCUT2D eigenvalue weighted by Crippen LogP contribution is 2.36. The molecule has 0 aliphatic heterocycles. The zero-order valence-corrected chi connectivity index (χ0v) is 18.2. The molecule has 0 saturated heterocycles. The number of imidazole rings is 1. The number of halogens is 2. The number of rotatable bonds is 6.